The predicted molar refractivity (Wildman–Crippen MR) is 116 cm³/mol. The minimum Gasteiger partial charge on any atom is -0.497 e. The molecule has 0 aliphatic rings. The standard InChI is InChI=1S/C23H19N3O2S/c1-28-20-13-7-16(8-14-20)15-21-25-26-23(29-21)24-22(27)19-11-9-18(10-12-19)17-5-3-2-4-6-17/h2-14H,15H2,1H3,(H,24,26,27). The molecule has 0 aliphatic carbocycles. The van der Waals surface area contributed by atoms with Crippen molar-refractivity contribution < 1.29 is 9.53 Å². The fraction of sp³-hybridized carbons (Fsp3) is 0.0870. The Morgan fingerprint density at radius 1 is 0.897 bits per heavy atom. The molecule has 5 nitrogen and oxygen atoms in total. The second-order valence-electron chi connectivity index (χ2n) is 6.42. The SMILES string of the molecule is COc1ccc(Cc2nnc(NC(=O)c3ccc(-c4ccccc4)cc3)s2)cc1. The first-order valence-electron chi connectivity index (χ1n) is 9.13. The first-order chi connectivity index (χ1) is 14.2. The van der Waals surface area contributed by atoms with Gasteiger partial charge in [-0.2, -0.15) is 0 Å². The minimum atomic E-state index is -0.197. The van der Waals surface area contributed by atoms with Crippen LogP contribution in [0.4, 0.5) is 5.13 Å². The summed E-state index contributed by atoms with van der Waals surface area (Å²) in [6, 6.07) is 25.4. The molecule has 0 spiro atoms. The lowest BCUT2D eigenvalue weighted by molar-refractivity contribution is 0.102. The van der Waals surface area contributed by atoms with Gasteiger partial charge >= 0.3 is 0 Å². The number of rotatable bonds is 6. The quantitative estimate of drug-likeness (QED) is 0.491. The van der Waals surface area contributed by atoms with Crippen molar-refractivity contribution >= 4 is 22.4 Å². The lowest BCUT2D eigenvalue weighted by Gasteiger charge is -2.04. The van der Waals surface area contributed by atoms with Gasteiger partial charge in [0.2, 0.25) is 5.13 Å². The summed E-state index contributed by atoms with van der Waals surface area (Å²) in [5.74, 6) is 0.619. The third-order valence-electron chi connectivity index (χ3n) is 4.46. The number of benzene rings is 3. The Kier molecular flexibility index (Phi) is 5.63. The number of aromatic nitrogens is 2. The maximum atomic E-state index is 12.5. The van der Waals surface area contributed by atoms with Gasteiger partial charge in [0.1, 0.15) is 10.8 Å². The highest BCUT2D eigenvalue weighted by molar-refractivity contribution is 7.15. The van der Waals surface area contributed by atoms with Gasteiger partial charge in [-0.15, -0.1) is 10.2 Å². The van der Waals surface area contributed by atoms with E-state index in [9.17, 15) is 4.79 Å². The molecule has 1 N–H and O–H groups in total. The van der Waals surface area contributed by atoms with E-state index in [4.69, 9.17) is 4.74 Å². The molecule has 0 unspecified atom stereocenters. The lowest BCUT2D eigenvalue weighted by Crippen LogP contribution is -2.11. The van der Waals surface area contributed by atoms with Crippen molar-refractivity contribution in [2.45, 2.75) is 6.42 Å². The summed E-state index contributed by atoms with van der Waals surface area (Å²) in [4.78, 5) is 12.5. The van der Waals surface area contributed by atoms with Gasteiger partial charge in [-0.1, -0.05) is 65.9 Å². The molecule has 29 heavy (non-hydrogen) atoms. The molecular weight excluding hydrogens is 382 g/mol. The maximum Gasteiger partial charge on any atom is 0.257 e. The number of hydrogen-bond donors (Lipinski definition) is 1. The number of anilines is 1. The molecule has 144 valence electrons. The van der Waals surface area contributed by atoms with E-state index in [1.165, 1.54) is 11.3 Å². The molecule has 0 aliphatic heterocycles. The summed E-state index contributed by atoms with van der Waals surface area (Å²) in [5, 5.41) is 12.4. The van der Waals surface area contributed by atoms with Gasteiger partial charge in [0, 0.05) is 12.0 Å². The Labute approximate surface area is 173 Å². The largest absolute Gasteiger partial charge is 0.497 e. The number of methoxy groups -OCH3 is 1. The molecule has 1 aromatic heterocycles. The number of nitrogens with one attached hydrogen (secondary N) is 1. The number of amides is 1. The first kappa shape index (κ1) is 18.8. The fourth-order valence-corrected chi connectivity index (χ4v) is 3.68. The molecule has 0 saturated carbocycles. The molecule has 0 bridgehead atoms. The Hall–Kier alpha value is -3.51. The van der Waals surface area contributed by atoms with Crippen molar-refractivity contribution in [1.82, 2.24) is 10.2 Å². The number of nitrogens with zero attached hydrogens (tertiary/aromatic N) is 2. The van der Waals surface area contributed by atoms with Crippen molar-refractivity contribution in [3.05, 3.63) is 95.0 Å². The van der Waals surface area contributed by atoms with Crippen molar-refractivity contribution in [3.63, 3.8) is 0 Å². The average Bonchev–Trinajstić information content (AvgIpc) is 3.21. The van der Waals surface area contributed by atoms with Gasteiger partial charge in [-0.3, -0.25) is 10.1 Å². The zero-order chi connectivity index (χ0) is 20.1. The molecule has 0 radical (unpaired) electrons. The van der Waals surface area contributed by atoms with Crippen molar-refractivity contribution in [2.24, 2.45) is 0 Å². The van der Waals surface area contributed by atoms with Gasteiger partial charge in [0.05, 0.1) is 7.11 Å². The van der Waals surface area contributed by atoms with Crippen molar-refractivity contribution in [1.29, 1.82) is 0 Å². The average molecular weight is 401 g/mol. The number of carbonyl (C=O) groups is 1. The number of hydrogen-bond acceptors (Lipinski definition) is 5. The van der Waals surface area contributed by atoms with Crippen LogP contribution in [0.1, 0.15) is 20.9 Å². The van der Waals surface area contributed by atoms with Gasteiger partial charge in [-0.25, -0.2) is 0 Å². The van der Waals surface area contributed by atoms with Crippen LogP contribution in [-0.4, -0.2) is 23.2 Å². The Balaban J connectivity index is 1.39. The zero-order valence-corrected chi connectivity index (χ0v) is 16.6. The summed E-state index contributed by atoms with van der Waals surface area (Å²) in [6.07, 6.45) is 0.656. The van der Waals surface area contributed by atoms with Crippen LogP contribution in [0.3, 0.4) is 0 Å². The summed E-state index contributed by atoms with van der Waals surface area (Å²) in [6.45, 7) is 0. The molecule has 6 heteroatoms. The van der Waals surface area contributed by atoms with Gasteiger partial charge in [0.15, 0.2) is 0 Å². The molecule has 3 aromatic carbocycles. The van der Waals surface area contributed by atoms with Crippen LogP contribution < -0.4 is 10.1 Å². The third-order valence-corrected chi connectivity index (χ3v) is 5.29. The second-order valence-corrected chi connectivity index (χ2v) is 7.49. The molecule has 0 atom stereocenters. The van der Waals surface area contributed by atoms with Gasteiger partial charge in [0.25, 0.3) is 5.91 Å². The summed E-state index contributed by atoms with van der Waals surface area (Å²) in [5.41, 5.74) is 3.87. The summed E-state index contributed by atoms with van der Waals surface area (Å²) < 4.78 is 5.17. The van der Waals surface area contributed by atoms with Crippen molar-refractivity contribution in [2.75, 3.05) is 12.4 Å². The van der Waals surface area contributed by atoms with Crippen LogP contribution in [-0.2, 0) is 6.42 Å². The van der Waals surface area contributed by atoms with E-state index in [0.29, 0.717) is 17.1 Å². The van der Waals surface area contributed by atoms with Crippen LogP contribution in [0.5, 0.6) is 5.75 Å². The van der Waals surface area contributed by atoms with E-state index in [1.807, 2.05) is 78.9 Å². The molecule has 4 aromatic rings. The summed E-state index contributed by atoms with van der Waals surface area (Å²) >= 11 is 1.38. The Morgan fingerprint density at radius 2 is 1.59 bits per heavy atom. The Morgan fingerprint density at radius 3 is 2.28 bits per heavy atom. The van der Waals surface area contributed by atoms with E-state index >= 15 is 0 Å². The lowest BCUT2D eigenvalue weighted by atomic mass is 10.0. The summed E-state index contributed by atoms with van der Waals surface area (Å²) in [7, 11) is 1.64. The second kappa shape index (κ2) is 8.67. The van der Waals surface area contributed by atoms with Crippen molar-refractivity contribution in [3.8, 4) is 16.9 Å². The topological polar surface area (TPSA) is 64.1 Å². The van der Waals surface area contributed by atoms with Crippen LogP contribution >= 0.6 is 11.3 Å². The third kappa shape index (κ3) is 4.67. The van der Waals surface area contributed by atoms with E-state index < -0.39 is 0 Å². The molecular formula is C23H19N3O2S. The van der Waals surface area contributed by atoms with Crippen LogP contribution in [0.15, 0.2) is 78.9 Å². The molecule has 1 heterocycles. The monoisotopic (exact) mass is 401 g/mol. The molecule has 0 saturated heterocycles. The molecule has 1 amide bonds. The highest BCUT2D eigenvalue weighted by Gasteiger charge is 2.11. The van der Waals surface area contributed by atoms with E-state index in [-0.39, 0.29) is 5.91 Å². The highest BCUT2D eigenvalue weighted by Crippen LogP contribution is 2.22. The van der Waals surface area contributed by atoms with E-state index in [0.717, 1.165) is 27.4 Å². The van der Waals surface area contributed by atoms with Crippen LogP contribution in [0.2, 0.25) is 0 Å². The van der Waals surface area contributed by atoms with Crippen LogP contribution in [0.25, 0.3) is 11.1 Å². The minimum absolute atomic E-state index is 0.197. The van der Waals surface area contributed by atoms with Gasteiger partial charge < -0.3 is 4.74 Å². The fourth-order valence-electron chi connectivity index (χ4n) is 2.91. The number of carbonyl (C=O) groups excluding carboxylic acids is 1. The molecule has 0 fully saturated rings. The highest BCUT2D eigenvalue weighted by atomic mass is 32.1. The van der Waals surface area contributed by atoms with E-state index in [1.54, 1.807) is 7.11 Å². The predicted octanol–water partition coefficient (Wildman–Crippen LogP) is 5.06. The normalized spacial score (nSPS) is 10.5. The van der Waals surface area contributed by atoms with Gasteiger partial charge in [-0.05, 0) is 41.0 Å². The maximum absolute atomic E-state index is 12.5. The molecule has 4 rings (SSSR count). The first-order valence-corrected chi connectivity index (χ1v) is 9.95. The Bertz CT molecular complexity index is 1090. The smallest absolute Gasteiger partial charge is 0.257 e. The number of ether oxygens (including phenoxy) is 1. The van der Waals surface area contributed by atoms with E-state index in [2.05, 4.69) is 15.5 Å². The zero-order valence-electron chi connectivity index (χ0n) is 15.8. The van der Waals surface area contributed by atoms with Crippen LogP contribution in [0, 0.1) is 0 Å².